The number of carbonyl (C=O) groups excluding carboxylic acids is 1. The summed E-state index contributed by atoms with van der Waals surface area (Å²) >= 11 is 1.49. The summed E-state index contributed by atoms with van der Waals surface area (Å²) in [5.41, 5.74) is 11.3. The van der Waals surface area contributed by atoms with Gasteiger partial charge in [0.2, 0.25) is 0 Å². The van der Waals surface area contributed by atoms with E-state index in [1.165, 1.54) is 18.0 Å². The first kappa shape index (κ1) is 11.8. The van der Waals surface area contributed by atoms with Crippen LogP contribution in [0.2, 0.25) is 0 Å². The van der Waals surface area contributed by atoms with Gasteiger partial charge in [0.25, 0.3) is 5.91 Å². The molecule has 0 saturated carbocycles. The number of carbonyl (C=O) groups is 1. The molecule has 1 rings (SSSR count). The molecule has 0 fully saturated rings. The predicted molar refractivity (Wildman–Crippen MR) is 59.8 cm³/mol. The molecule has 0 aliphatic rings. The van der Waals surface area contributed by atoms with E-state index < -0.39 is 5.91 Å². The third-order valence-corrected chi connectivity index (χ3v) is 2.60. The zero-order chi connectivity index (χ0) is 11.3. The SMILES string of the molecule is COCCSc1cc(C(N)=O)c(N)cn1. The van der Waals surface area contributed by atoms with Gasteiger partial charge in [-0.05, 0) is 6.07 Å². The Kier molecular flexibility index (Phi) is 4.38. The van der Waals surface area contributed by atoms with E-state index in [2.05, 4.69) is 4.98 Å². The number of pyridine rings is 1. The van der Waals surface area contributed by atoms with Gasteiger partial charge in [0.15, 0.2) is 0 Å². The summed E-state index contributed by atoms with van der Waals surface area (Å²) < 4.78 is 4.90. The highest BCUT2D eigenvalue weighted by Gasteiger charge is 2.07. The Balaban J connectivity index is 2.74. The van der Waals surface area contributed by atoms with Crippen molar-refractivity contribution in [2.75, 3.05) is 25.2 Å². The summed E-state index contributed by atoms with van der Waals surface area (Å²) in [6.07, 6.45) is 1.44. The van der Waals surface area contributed by atoms with Crippen LogP contribution >= 0.6 is 11.8 Å². The van der Waals surface area contributed by atoms with E-state index in [1.807, 2.05) is 0 Å². The molecule has 1 heterocycles. The van der Waals surface area contributed by atoms with Gasteiger partial charge >= 0.3 is 0 Å². The second kappa shape index (κ2) is 5.57. The lowest BCUT2D eigenvalue weighted by Crippen LogP contribution is -2.14. The Morgan fingerprint density at radius 3 is 3.00 bits per heavy atom. The van der Waals surface area contributed by atoms with Crippen LogP contribution in [0.3, 0.4) is 0 Å². The van der Waals surface area contributed by atoms with Crippen molar-refractivity contribution in [1.82, 2.24) is 4.98 Å². The van der Waals surface area contributed by atoms with Crippen molar-refractivity contribution >= 4 is 23.4 Å². The summed E-state index contributed by atoms with van der Waals surface area (Å²) in [5, 5.41) is 0.718. The molecular weight excluding hydrogens is 214 g/mol. The highest BCUT2D eigenvalue weighted by atomic mass is 32.2. The molecule has 0 aliphatic heterocycles. The van der Waals surface area contributed by atoms with Crippen molar-refractivity contribution in [2.24, 2.45) is 5.73 Å². The van der Waals surface area contributed by atoms with Gasteiger partial charge in [0.05, 0.1) is 29.1 Å². The molecule has 4 N–H and O–H groups in total. The predicted octanol–water partition coefficient (Wildman–Crippen LogP) is 0.501. The molecule has 0 unspecified atom stereocenters. The topological polar surface area (TPSA) is 91.2 Å². The maximum atomic E-state index is 11.0. The summed E-state index contributed by atoms with van der Waals surface area (Å²) in [4.78, 5) is 15.1. The standard InChI is InChI=1S/C9H13N3O2S/c1-14-2-3-15-8-4-6(9(11)13)7(10)5-12-8/h4-5H,2-3,10H2,1H3,(H2,11,13). The Labute approximate surface area is 92.2 Å². The number of primary amides is 1. The molecule has 1 aromatic heterocycles. The van der Waals surface area contributed by atoms with Gasteiger partial charge in [0.1, 0.15) is 0 Å². The molecule has 0 aromatic carbocycles. The Morgan fingerprint density at radius 2 is 2.40 bits per heavy atom. The third-order valence-electron chi connectivity index (χ3n) is 1.71. The zero-order valence-electron chi connectivity index (χ0n) is 8.40. The first-order chi connectivity index (χ1) is 7.15. The van der Waals surface area contributed by atoms with Crippen LogP contribution in [-0.2, 0) is 4.74 Å². The molecule has 0 bridgehead atoms. The van der Waals surface area contributed by atoms with Crippen LogP contribution in [0.15, 0.2) is 17.3 Å². The van der Waals surface area contributed by atoms with Gasteiger partial charge in [-0.2, -0.15) is 0 Å². The smallest absolute Gasteiger partial charge is 0.250 e. The Hall–Kier alpha value is -1.27. The van der Waals surface area contributed by atoms with E-state index in [-0.39, 0.29) is 0 Å². The average Bonchev–Trinajstić information content (AvgIpc) is 2.20. The van der Waals surface area contributed by atoms with E-state index in [1.54, 1.807) is 13.2 Å². The van der Waals surface area contributed by atoms with Crippen molar-refractivity contribution in [2.45, 2.75) is 5.03 Å². The maximum absolute atomic E-state index is 11.0. The summed E-state index contributed by atoms with van der Waals surface area (Å²) in [7, 11) is 1.63. The van der Waals surface area contributed by atoms with Gasteiger partial charge in [-0.1, -0.05) is 0 Å². The van der Waals surface area contributed by atoms with Crippen molar-refractivity contribution in [3.63, 3.8) is 0 Å². The number of nitrogens with two attached hydrogens (primary N) is 2. The van der Waals surface area contributed by atoms with Crippen LogP contribution in [0.5, 0.6) is 0 Å². The average molecular weight is 227 g/mol. The van der Waals surface area contributed by atoms with E-state index in [4.69, 9.17) is 16.2 Å². The fraction of sp³-hybridized carbons (Fsp3) is 0.333. The number of nitrogen functional groups attached to an aromatic ring is 1. The summed E-state index contributed by atoms with van der Waals surface area (Å²) in [6, 6.07) is 1.60. The number of nitrogens with zero attached hydrogens (tertiary/aromatic N) is 1. The quantitative estimate of drug-likeness (QED) is 0.564. The van der Waals surface area contributed by atoms with Crippen LogP contribution < -0.4 is 11.5 Å². The van der Waals surface area contributed by atoms with E-state index in [0.717, 1.165) is 10.8 Å². The normalized spacial score (nSPS) is 10.2. The fourth-order valence-electron chi connectivity index (χ4n) is 0.969. The van der Waals surface area contributed by atoms with Gasteiger partial charge in [-0.15, -0.1) is 11.8 Å². The van der Waals surface area contributed by atoms with Crippen LogP contribution in [-0.4, -0.2) is 30.4 Å². The first-order valence-corrected chi connectivity index (χ1v) is 5.30. The number of ether oxygens (including phenoxy) is 1. The van der Waals surface area contributed by atoms with Gasteiger partial charge in [0, 0.05) is 12.9 Å². The summed E-state index contributed by atoms with van der Waals surface area (Å²) in [6.45, 7) is 0.628. The van der Waals surface area contributed by atoms with E-state index in [0.29, 0.717) is 17.9 Å². The molecule has 6 heteroatoms. The van der Waals surface area contributed by atoms with Crippen molar-refractivity contribution in [1.29, 1.82) is 0 Å². The van der Waals surface area contributed by atoms with Crippen molar-refractivity contribution < 1.29 is 9.53 Å². The minimum Gasteiger partial charge on any atom is -0.397 e. The molecule has 0 spiro atoms. The van der Waals surface area contributed by atoms with Gasteiger partial charge in [-0.25, -0.2) is 4.98 Å². The van der Waals surface area contributed by atoms with Gasteiger partial charge in [-0.3, -0.25) is 4.79 Å². The van der Waals surface area contributed by atoms with Crippen LogP contribution in [0, 0.1) is 0 Å². The van der Waals surface area contributed by atoms with E-state index >= 15 is 0 Å². The lowest BCUT2D eigenvalue weighted by atomic mass is 10.2. The maximum Gasteiger partial charge on any atom is 0.250 e. The van der Waals surface area contributed by atoms with Crippen LogP contribution in [0.1, 0.15) is 10.4 Å². The summed E-state index contributed by atoms with van der Waals surface area (Å²) in [5.74, 6) is 0.231. The number of hydrogen-bond acceptors (Lipinski definition) is 5. The number of methoxy groups -OCH3 is 1. The monoisotopic (exact) mass is 227 g/mol. The van der Waals surface area contributed by atoms with Crippen molar-refractivity contribution in [3.05, 3.63) is 17.8 Å². The molecule has 15 heavy (non-hydrogen) atoms. The lowest BCUT2D eigenvalue weighted by molar-refractivity contribution is 0.100. The number of anilines is 1. The second-order valence-corrected chi connectivity index (χ2v) is 3.93. The van der Waals surface area contributed by atoms with Gasteiger partial charge < -0.3 is 16.2 Å². The molecule has 0 atom stereocenters. The molecule has 0 aliphatic carbocycles. The fourth-order valence-corrected chi connectivity index (χ4v) is 1.76. The molecule has 1 amide bonds. The Morgan fingerprint density at radius 1 is 1.67 bits per heavy atom. The first-order valence-electron chi connectivity index (χ1n) is 4.32. The highest BCUT2D eigenvalue weighted by Crippen LogP contribution is 2.19. The number of thioether (sulfide) groups is 1. The number of rotatable bonds is 5. The zero-order valence-corrected chi connectivity index (χ0v) is 9.21. The largest absolute Gasteiger partial charge is 0.397 e. The van der Waals surface area contributed by atoms with Crippen LogP contribution in [0.25, 0.3) is 0 Å². The highest BCUT2D eigenvalue weighted by molar-refractivity contribution is 7.99. The lowest BCUT2D eigenvalue weighted by Gasteiger charge is -2.04. The number of amides is 1. The molecule has 82 valence electrons. The third kappa shape index (κ3) is 3.41. The minimum absolute atomic E-state index is 0.304. The van der Waals surface area contributed by atoms with Crippen LogP contribution in [0.4, 0.5) is 5.69 Å². The van der Waals surface area contributed by atoms with E-state index in [9.17, 15) is 4.79 Å². The number of hydrogen-bond donors (Lipinski definition) is 2. The second-order valence-electron chi connectivity index (χ2n) is 2.82. The molecule has 0 saturated heterocycles. The number of aromatic nitrogens is 1. The Bertz CT molecular complexity index is 357. The molecule has 0 radical (unpaired) electrons. The molecular formula is C9H13N3O2S. The molecule has 5 nitrogen and oxygen atoms in total. The van der Waals surface area contributed by atoms with Crippen molar-refractivity contribution in [3.8, 4) is 0 Å². The minimum atomic E-state index is -0.538. The molecule has 1 aromatic rings.